The molecule has 3 heterocycles. The van der Waals surface area contributed by atoms with Crippen molar-refractivity contribution in [3.63, 3.8) is 0 Å². The monoisotopic (exact) mass is 447 g/mol. The number of hydrogen-bond donors (Lipinski definition) is 1. The second-order valence-corrected chi connectivity index (χ2v) is 9.25. The third kappa shape index (κ3) is 4.97. The third-order valence-electron chi connectivity index (χ3n) is 5.49. The van der Waals surface area contributed by atoms with Gasteiger partial charge in [0.25, 0.3) is 0 Å². The molecule has 0 unspecified atom stereocenters. The zero-order valence-corrected chi connectivity index (χ0v) is 17.9. The van der Waals surface area contributed by atoms with E-state index in [1.54, 1.807) is 34.1 Å². The molecule has 0 radical (unpaired) electrons. The minimum absolute atomic E-state index is 0.0415. The van der Waals surface area contributed by atoms with Crippen molar-refractivity contribution >= 4 is 27.5 Å². The Bertz CT molecular complexity index is 1050. The van der Waals surface area contributed by atoms with E-state index in [-0.39, 0.29) is 36.1 Å². The van der Waals surface area contributed by atoms with Gasteiger partial charge in [0.1, 0.15) is 5.76 Å². The number of morpholine rings is 1. The number of benzene rings is 1. The summed E-state index contributed by atoms with van der Waals surface area (Å²) < 4.78 is 38.1. The number of nitrogens with zero attached hydrogens (tertiary/aromatic N) is 2. The van der Waals surface area contributed by atoms with Crippen molar-refractivity contribution in [3.05, 3.63) is 47.9 Å². The Morgan fingerprint density at radius 1 is 1.03 bits per heavy atom. The minimum atomic E-state index is -3.70. The predicted octanol–water partition coefficient (Wildman–Crippen LogP) is 1.29. The molecule has 2 amide bonds. The maximum Gasteiger partial charge on any atom is 0.240 e. The first-order valence-corrected chi connectivity index (χ1v) is 11.7. The van der Waals surface area contributed by atoms with Gasteiger partial charge in [-0.3, -0.25) is 9.59 Å². The van der Waals surface area contributed by atoms with Gasteiger partial charge >= 0.3 is 0 Å². The molecule has 0 aliphatic carbocycles. The lowest BCUT2D eigenvalue weighted by atomic mass is 10.2. The van der Waals surface area contributed by atoms with Gasteiger partial charge in [0.05, 0.1) is 30.9 Å². The number of hydrogen-bond acceptors (Lipinski definition) is 6. The molecule has 2 aliphatic heterocycles. The minimum Gasteiger partial charge on any atom is -0.468 e. The van der Waals surface area contributed by atoms with E-state index in [0.29, 0.717) is 50.7 Å². The fourth-order valence-electron chi connectivity index (χ4n) is 3.79. The Hall–Kier alpha value is -2.69. The van der Waals surface area contributed by atoms with Gasteiger partial charge in [-0.25, -0.2) is 13.1 Å². The van der Waals surface area contributed by atoms with Crippen LogP contribution in [0.15, 0.2) is 45.9 Å². The van der Waals surface area contributed by atoms with E-state index < -0.39 is 10.0 Å². The lowest BCUT2D eigenvalue weighted by Gasteiger charge is -2.27. The highest BCUT2D eigenvalue weighted by molar-refractivity contribution is 7.89. The maximum atomic E-state index is 12.7. The van der Waals surface area contributed by atoms with Crippen LogP contribution in [0, 0.1) is 0 Å². The summed E-state index contributed by atoms with van der Waals surface area (Å²) in [7, 11) is -3.70. The topological polar surface area (TPSA) is 109 Å². The number of anilines is 1. The van der Waals surface area contributed by atoms with Crippen LogP contribution in [0.2, 0.25) is 0 Å². The van der Waals surface area contributed by atoms with E-state index in [1.165, 1.54) is 12.3 Å². The first-order chi connectivity index (χ1) is 14.9. The highest BCUT2D eigenvalue weighted by Gasteiger charge is 2.27. The zero-order valence-electron chi connectivity index (χ0n) is 17.1. The van der Waals surface area contributed by atoms with Gasteiger partial charge in [-0.05, 0) is 42.3 Å². The quantitative estimate of drug-likeness (QED) is 0.685. The van der Waals surface area contributed by atoms with Crippen molar-refractivity contribution in [1.82, 2.24) is 9.62 Å². The Morgan fingerprint density at radius 3 is 2.55 bits per heavy atom. The summed E-state index contributed by atoms with van der Waals surface area (Å²) in [4.78, 5) is 28.5. The van der Waals surface area contributed by atoms with Gasteiger partial charge in [0, 0.05) is 38.2 Å². The van der Waals surface area contributed by atoms with Gasteiger partial charge < -0.3 is 19.0 Å². The van der Waals surface area contributed by atoms with E-state index in [1.807, 2.05) is 0 Å². The third-order valence-corrected chi connectivity index (χ3v) is 6.89. The lowest BCUT2D eigenvalue weighted by molar-refractivity contribution is -0.136. The number of sulfonamides is 1. The molecule has 0 bridgehead atoms. The van der Waals surface area contributed by atoms with Crippen molar-refractivity contribution in [1.29, 1.82) is 0 Å². The summed E-state index contributed by atoms with van der Waals surface area (Å²) in [6, 6.07) is 8.14. The smallest absolute Gasteiger partial charge is 0.240 e. The first kappa shape index (κ1) is 21.5. The van der Waals surface area contributed by atoms with Crippen LogP contribution in [0.4, 0.5) is 5.69 Å². The van der Waals surface area contributed by atoms with Gasteiger partial charge in [-0.1, -0.05) is 0 Å². The molecule has 1 fully saturated rings. The first-order valence-electron chi connectivity index (χ1n) is 10.2. The molecular formula is C21H25N3O6S. The number of carbonyl (C=O) groups is 2. The highest BCUT2D eigenvalue weighted by Crippen LogP contribution is 2.31. The zero-order chi connectivity index (χ0) is 21.8. The van der Waals surface area contributed by atoms with Gasteiger partial charge in [0.2, 0.25) is 21.8 Å². The van der Waals surface area contributed by atoms with Gasteiger partial charge in [-0.15, -0.1) is 0 Å². The largest absolute Gasteiger partial charge is 0.468 e. The molecule has 1 aromatic heterocycles. The highest BCUT2D eigenvalue weighted by atomic mass is 32.2. The number of carbonyl (C=O) groups excluding carboxylic acids is 2. The molecule has 0 spiro atoms. The Balaban J connectivity index is 1.37. The Kier molecular flexibility index (Phi) is 6.40. The standard InChI is InChI=1S/C21H25N3O6S/c25-20(23-9-12-29-13-10-23)5-6-21(26)24-8-7-16-14-18(3-4-19(16)24)31(27,28)22-15-17-2-1-11-30-17/h1-4,11,14,22H,5-10,12-13,15H2. The van der Waals surface area contributed by atoms with E-state index in [4.69, 9.17) is 9.15 Å². The van der Waals surface area contributed by atoms with Crippen LogP contribution in [0.3, 0.4) is 0 Å². The molecule has 1 aromatic carbocycles. The van der Waals surface area contributed by atoms with Crippen LogP contribution in [-0.2, 0) is 37.3 Å². The lowest BCUT2D eigenvalue weighted by Crippen LogP contribution is -2.41. The average molecular weight is 448 g/mol. The summed E-state index contributed by atoms with van der Waals surface area (Å²) in [6.07, 6.45) is 2.34. The Morgan fingerprint density at radius 2 is 1.81 bits per heavy atom. The van der Waals surface area contributed by atoms with E-state index in [9.17, 15) is 18.0 Å². The average Bonchev–Trinajstić information content (AvgIpc) is 3.46. The molecule has 2 aromatic rings. The number of fused-ring (bicyclic) bond motifs is 1. The van der Waals surface area contributed by atoms with Crippen LogP contribution in [0.5, 0.6) is 0 Å². The van der Waals surface area contributed by atoms with Gasteiger partial charge in [-0.2, -0.15) is 0 Å². The van der Waals surface area contributed by atoms with Crippen molar-refractivity contribution in [3.8, 4) is 0 Å². The van der Waals surface area contributed by atoms with Crippen molar-refractivity contribution in [2.45, 2.75) is 30.7 Å². The second-order valence-electron chi connectivity index (χ2n) is 7.48. The molecule has 166 valence electrons. The predicted molar refractivity (Wildman–Crippen MR) is 112 cm³/mol. The fourth-order valence-corrected chi connectivity index (χ4v) is 4.83. The molecule has 10 heteroatoms. The van der Waals surface area contributed by atoms with Crippen LogP contribution >= 0.6 is 0 Å². The van der Waals surface area contributed by atoms with Crippen molar-refractivity contribution in [2.24, 2.45) is 0 Å². The summed E-state index contributed by atoms with van der Waals surface area (Å²) in [5.41, 5.74) is 1.50. The number of amides is 2. The van der Waals surface area contributed by atoms with Crippen molar-refractivity contribution < 1.29 is 27.2 Å². The SMILES string of the molecule is O=C(CCC(=O)N1CCc2cc(S(=O)(=O)NCc3ccco3)ccc21)N1CCOCC1. The number of rotatable bonds is 7. The van der Waals surface area contributed by atoms with Crippen LogP contribution in [-0.4, -0.2) is 58.0 Å². The molecule has 1 saturated heterocycles. The number of furan rings is 1. The molecule has 2 aliphatic rings. The summed E-state index contributed by atoms with van der Waals surface area (Å²) in [5, 5.41) is 0. The van der Waals surface area contributed by atoms with E-state index >= 15 is 0 Å². The van der Waals surface area contributed by atoms with E-state index in [2.05, 4.69) is 4.72 Å². The Labute approximate surface area is 181 Å². The van der Waals surface area contributed by atoms with Crippen LogP contribution < -0.4 is 9.62 Å². The summed E-state index contributed by atoms with van der Waals surface area (Å²) >= 11 is 0. The second kappa shape index (κ2) is 9.21. The molecule has 0 saturated carbocycles. The molecule has 0 atom stereocenters. The summed E-state index contributed by atoms with van der Waals surface area (Å²) in [6.45, 7) is 2.72. The van der Waals surface area contributed by atoms with E-state index in [0.717, 1.165) is 5.56 Å². The molecule has 1 N–H and O–H groups in total. The molecular weight excluding hydrogens is 422 g/mol. The van der Waals surface area contributed by atoms with Crippen LogP contribution in [0.1, 0.15) is 24.2 Å². The van der Waals surface area contributed by atoms with Crippen molar-refractivity contribution in [2.75, 3.05) is 37.7 Å². The van der Waals surface area contributed by atoms with Crippen LogP contribution in [0.25, 0.3) is 0 Å². The molecule has 9 nitrogen and oxygen atoms in total. The molecule has 4 rings (SSSR count). The van der Waals surface area contributed by atoms with Gasteiger partial charge in [0.15, 0.2) is 0 Å². The summed E-state index contributed by atoms with van der Waals surface area (Å²) in [5.74, 6) is 0.347. The maximum absolute atomic E-state index is 12.7. The number of ether oxygens (including phenoxy) is 1. The number of nitrogens with one attached hydrogen (secondary N) is 1. The normalized spacial score (nSPS) is 16.4. The molecule has 31 heavy (non-hydrogen) atoms. The fraction of sp³-hybridized carbons (Fsp3) is 0.429.